The quantitative estimate of drug-likeness (QED) is 0.792. The van der Waals surface area contributed by atoms with E-state index in [0.717, 1.165) is 17.8 Å². The number of nitrogens with zero attached hydrogens (tertiary/aromatic N) is 2. The lowest BCUT2D eigenvalue weighted by atomic mass is 10.0. The fraction of sp³-hybridized carbons (Fsp3) is 0.333. The molecule has 0 bridgehead atoms. The van der Waals surface area contributed by atoms with E-state index in [4.69, 9.17) is 0 Å². The zero-order chi connectivity index (χ0) is 14.0. The molecule has 0 amide bonds. The molecule has 0 aliphatic heterocycles. The first kappa shape index (κ1) is 13.5. The SMILES string of the molecule is CCc1cc(CC(=O)c2ccc(F)cc2C)n(C)n1. The Balaban J connectivity index is 2.23. The maximum Gasteiger partial charge on any atom is 0.169 e. The topological polar surface area (TPSA) is 34.9 Å². The molecule has 1 aromatic carbocycles. The second-order valence-electron chi connectivity index (χ2n) is 4.66. The van der Waals surface area contributed by atoms with E-state index in [1.54, 1.807) is 17.7 Å². The Morgan fingerprint density at radius 1 is 1.37 bits per heavy atom. The fourth-order valence-corrected chi connectivity index (χ4v) is 2.11. The largest absolute Gasteiger partial charge is 0.294 e. The van der Waals surface area contributed by atoms with E-state index in [0.29, 0.717) is 11.1 Å². The molecule has 3 nitrogen and oxygen atoms in total. The molecule has 0 unspecified atom stereocenters. The summed E-state index contributed by atoms with van der Waals surface area (Å²) in [6.45, 7) is 3.77. The van der Waals surface area contributed by atoms with Gasteiger partial charge in [0.05, 0.1) is 12.1 Å². The first-order valence-corrected chi connectivity index (χ1v) is 6.32. The number of carbonyl (C=O) groups is 1. The maximum atomic E-state index is 13.0. The number of rotatable bonds is 4. The molecule has 0 N–H and O–H groups in total. The zero-order valence-electron chi connectivity index (χ0n) is 11.4. The van der Waals surface area contributed by atoms with Gasteiger partial charge in [-0.15, -0.1) is 0 Å². The monoisotopic (exact) mass is 260 g/mol. The van der Waals surface area contributed by atoms with Crippen LogP contribution in [0.15, 0.2) is 24.3 Å². The van der Waals surface area contributed by atoms with Crippen LogP contribution in [0.1, 0.15) is 34.2 Å². The highest BCUT2D eigenvalue weighted by molar-refractivity contribution is 5.98. The van der Waals surface area contributed by atoms with Crippen LogP contribution in [0.4, 0.5) is 4.39 Å². The summed E-state index contributed by atoms with van der Waals surface area (Å²) in [7, 11) is 1.83. The summed E-state index contributed by atoms with van der Waals surface area (Å²) in [5.41, 5.74) is 3.09. The Bertz CT molecular complexity index is 617. The van der Waals surface area contributed by atoms with Crippen molar-refractivity contribution in [2.45, 2.75) is 26.7 Å². The van der Waals surface area contributed by atoms with Crippen LogP contribution >= 0.6 is 0 Å². The van der Waals surface area contributed by atoms with Crippen molar-refractivity contribution >= 4 is 5.78 Å². The van der Waals surface area contributed by atoms with Crippen LogP contribution in [0.25, 0.3) is 0 Å². The van der Waals surface area contributed by atoms with E-state index in [1.165, 1.54) is 12.1 Å². The summed E-state index contributed by atoms with van der Waals surface area (Å²) in [6.07, 6.45) is 1.13. The summed E-state index contributed by atoms with van der Waals surface area (Å²) >= 11 is 0. The Kier molecular flexibility index (Phi) is 3.79. The summed E-state index contributed by atoms with van der Waals surface area (Å²) < 4.78 is 14.8. The lowest BCUT2D eigenvalue weighted by Crippen LogP contribution is -2.09. The predicted molar refractivity (Wildman–Crippen MR) is 71.8 cm³/mol. The molecule has 0 aliphatic rings. The highest BCUT2D eigenvalue weighted by atomic mass is 19.1. The van der Waals surface area contributed by atoms with Gasteiger partial charge in [-0.2, -0.15) is 5.10 Å². The highest BCUT2D eigenvalue weighted by Gasteiger charge is 2.13. The normalized spacial score (nSPS) is 10.7. The van der Waals surface area contributed by atoms with Crippen LogP contribution in [0, 0.1) is 12.7 Å². The number of hydrogen-bond acceptors (Lipinski definition) is 2. The van der Waals surface area contributed by atoms with Crippen molar-refractivity contribution in [3.05, 3.63) is 52.6 Å². The van der Waals surface area contributed by atoms with Crippen LogP contribution in [-0.4, -0.2) is 15.6 Å². The Labute approximate surface area is 112 Å². The summed E-state index contributed by atoms with van der Waals surface area (Å²) in [5.74, 6) is -0.328. The smallest absolute Gasteiger partial charge is 0.169 e. The first-order chi connectivity index (χ1) is 9.01. The van der Waals surface area contributed by atoms with Gasteiger partial charge in [0.2, 0.25) is 0 Å². The van der Waals surface area contributed by atoms with E-state index >= 15 is 0 Å². The molecule has 19 heavy (non-hydrogen) atoms. The molecule has 2 rings (SSSR count). The van der Waals surface area contributed by atoms with Gasteiger partial charge in [0.25, 0.3) is 0 Å². The standard InChI is InChI=1S/C15H17FN2O/c1-4-12-8-13(18(3)17-12)9-15(19)14-6-5-11(16)7-10(14)2/h5-8H,4,9H2,1-3H3. The van der Waals surface area contributed by atoms with Gasteiger partial charge < -0.3 is 0 Å². The summed E-state index contributed by atoms with van der Waals surface area (Å²) in [4.78, 5) is 12.2. The van der Waals surface area contributed by atoms with Gasteiger partial charge in [-0.25, -0.2) is 4.39 Å². The van der Waals surface area contributed by atoms with Crippen LogP contribution in [0.5, 0.6) is 0 Å². The van der Waals surface area contributed by atoms with E-state index in [9.17, 15) is 9.18 Å². The minimum absolute atomic E-state index is 0.0110. The number of carbonyl (C=O) groups excluding carboxylic acids is 1. The van der Waals surface area contributed by atoms with Crippen molar-refractivity contribution in [1.82, 2.24) is 9.78 Å². The molecular weight excluding hydrogens is 243 g/mol. The molecule has 4 heteroatoms. The van der Waals surface area contributed by atoms with Gasteiger partial charge in [0.15, 0.2) is 5.78 Å². The third kappa shape index (κ3) is 2.89. The van der Waals surface area contributed by atoms with Gasteiger partial charge in [0, 0.05) is 18.3 Å². The van der Waals surface area contributed by atoms with Crippen LogP contribution in [-0.2, 0) is 19.9 Å². The van der Waals surface area contributed by atoms with Crippen molar-refractivity contribution in [1.29, 1.82) is 0 Å². The number of aryl methyl sites for hydroxylation is 3. The lowest BCUT2D eigenvalue weighted by Gasteiger charge is -2.05. The Hall–Kier alpha value is -1.97. The van der Waals surface area contributed by atoms with E-state index in [-0.39, 0.29) is 18.0 Å². The minimum atomic E-state index is -0.317. The van der Waals surface area contributed by atoms with E-state index in [1.807, 2.05) is 20.0 Å². The molecule has 2 aromatic rings. The zero-order valence-corrected chi connectivity index (χ0v) is 11.4. The van der Waals surface area contributed by atoms with Gasteiger partial charge in [-0.3, -0.25) is 9.48 Å². The van der Waals surface area contributed by atoms with Crippen LogP contribution in [0.2, 0.25) is 0 Å². The molecule has 0 aliphatic carbocycles. The molecule has 100 valence electrons. The second-order valence-corrected chi connectivity index (χ2v) is 4.66. The van der Waals surface area contributed by atoms with E-state index < -0.39 is 0 Å². The molecular formula is C15H17FN2O. The van der Waals surface area contributed by atoms with Crippen molar-refractivity contribution in [3.8, 4) is 0 Å². The molecule has 1 aromatic heterocycles. The van der Waals surface area contributed by atoms with Crippen LogP contribution in [0.3, 0.4) is 0 Å². The molecule has 0 radical (unpaired) electrons. The van der Waals surface area contributed by atoms with E-state index in [2.05, 4.69) is 5.10 Å². The average molecular weight is 260 g/mol. The van der Waals surface area contributed by atoms with Gasteiger partial charge in [-0.1, -0.05) is 6.92 Å². The molecule has 0 saturated carbocycles. The van der Waals surface area contributed by atoms with Crippen molar-refractivity contribution < 1.29 is 9.18 Å². The number of aromatic nitrogens is 2. The molecule has 1 heterocycles. The number of benzene rings is 1. The highest BCUT2D eigenvalue weighted by Crippen LogP contribution is 2.14. The second kappa shape index (κ2) is 5.34. The summed E-state index contributed by atoms with van der Waals surface area (Å²) in [5, 5.41) is 4.32. The third-order valence-corrected chi connectivity index (χ3v) is 3.22. The molecule has 0 fully saturated rings. The van der Waals surface area contributed by atoms with Crippen molar-refractivity contribution in [3.63, 3.8) is 0 Å². The molecule has 0 spiro atoms. The molecule has 0 atom stereocenters. The van der Waals surface area contributed by atoms with Crippen molar-refractivity contribution in [2.24, 2.45) is 7.05 Å². The number of Topliss-reactive ketones (excluding diaryl/α,β-unsaturated/α-hetero) is 1. The van der Waals surface area contributed by atoms with Gasteiger partial charge in [-0.05, 0) is 43.2 Å². The third-order valence-electron chi connectivity index (χ3n) is 3.22. The number of hydrogen-bond donors (Lipinski definition) is 0. The number of halogens is 1. The lowest BCUT2D eigenvalue weighted by molar-refractivity contribution is 0.0990. The maximum absolute atomic E-state index is 13.0. The Morgan fingerprint density at radius 3 is 2.68 bits per heavy atom. The number of ketones is 1. The van der Waals surface area contributed by atoms with Crippen LogP contribution < -0.4 is 0 Å². The molecule has 0 saturated heterocycles. The van der Waals surface area contributed by atoms with Gasteiger partial charge >= 0.3 is 0 Å². The van der Waals surface area contributed by atoms with Gasteiger partial charge in [0.1, 0.15) is 5.82 Å². The summed E-state index contributed by atoms with van der Waals surface area (Å²) in [6, 6.07) is 6.19. The van der Waals surface area contributed by atoms with Crippen molar-refractivity contribution in [2.75, 3.05) is 0 Å². The first-order valence-electron chi connectivity index (χ1n) is 6.32. The Morgan fingerprint density at radius 2 is 2.11 bits per heavy atom. The fourth-order valence-electron chi connectivity index (χ4n) is 2.11. The predicted octanol–water partition coefficient (Wildman–Crippen LogP) is 2.86. The average Bonchev–Trinajstić information content (AvgIpc) is 2.70. The minimum Gasteiger partial charge on any atom is -0.294 e.